The summed E-state index contributed by atoms with van der Waals surface area (Å²) in [6.07, 6.45) is 3.20. The molecule has 1 aliphatic carbocycles. The van der Waals surface area contributed by atoms with E-state index in [1.807, 2.05) is 0 Å². The Morgan fingerprint density at radius 1 is 1.22 bits per heavy atom. The summed E-state index contributed by atoms with van der Waals surface area (Å²) < 4.78 is 5.25. The number of hydrogen-bond donors (Lipinski definition) is 2. The summed E-state index contributed by atoms with van der Waals surface area (Å²) >= 11 is 0. The molecule has 2 N–H and O–H groups in total. The summed E-state index contributed by atoms with van der Waals surface area (Å²) in [5.74, 6) is -0.892. The first-order valence-electron chi connectivity index (χ1n) is 9.19. The number of carbonyl (C=O) groups is 3. The van der Waals surface area contributed by atoms with E-state index in [4.69, 9.17) is 10.00 Å². The molecular weight excluding hydrogens is 346 g/mol. The molecule has 3 atom stereocenters. The highest BCUT2D eigenvalue weighted by molar-refractivity contribution is 5.94. The molecule has 1 saturated carbocycles. The summed E-state index contributed by atoms with van der Waals surface area (Å²) in [4.78, 5) is 35.9. The molecule has 2 rings (SSSR count). The monoisotopic (exact) mass is 371 g/mol. The van der Waals surface area contributed by atoms with E-state index in [1.54, 1.807) is 25.1 Å². The largest absolute Gasteiger partial charge is 0.449 e. The van der Waals surface area contributed by atoms with Crippen molar-refractivity contribution in [1.29, 1.82) is 5.26 Å². The van der Waals surface area contributed by atoms with Crippen molar-refractivity contribution in [2.75, 3.05) is 5.32 Å². The molecule has 0 aliphatic heterocycles. The van der Waals surface area contributed by atoms with Gasteiger partial charge in [-0.25, -0.2) is 4.79 Å². The Kier molecular flexibility index (Phi) is 7.35. The predicted molar refractivity (Wildman–Crippen MR) is 99.7 cm³/mol. The van der Waals surface area contributed by atoms with Crippen LogP contribution in [0.5, 0.6) is 0 Å². The van der Waals surface area contributed by atoms with E-state index < -0.39 is 18.0 Å². The molecule has 0 saturated heterocycles. The lowest BCUT2D eigenvalue weighted by Crippen LogP contribution is -2.45. The summed E-state index contributed by atoms with van der Waals surface area (Å²) in [5, 5.41) is 14.0. The van der Waals surface area contributed by atoms with Gasteiger partial charge in [0.25, 0.3) is 5.91 Å². The molecule has 144 valence electrons. The Labute approximate surface area is 159 Å². The number of nitrogens with zero attached hydrogens (tertiary/aromatic N) is 1. The molecule has 0 unspecified atom stereocenters. The standard InChI is InChI=1S/C20H25N3O4/c1-13-5-3-4-6-17(13)23-19(25)14(2)27-20(26)15-7-9-16(10-8-15)22-18(24)11-12-21/h7-10,13-14,17H,3-6,11H2,1-2H3,(H,22,24)(H,23,25)/t13-,14-,17+/m1/s1. The molecule has 0 aromatic heterocycles. The van der Waals surface area contributed by atoms with Gasteiger partial charge >= 0.3 is 5.97 Å². The fourth-order valence-electron chi connectivity index (χ4n) is 3.08. The highest BCUT2D eigenvalue weighted by Crippen LogP contribution is 2.23. The van der Waals surface area contributed by atoms with Gasteiger partial charge in [0.2, 0.25) is 5.91 Å². The number of rotatable bonds is 6. The highest BCUT2D eigenvalue weighted by Gasteiger charge is 2.26. The Hall–Kier alpha value is -2.88. The fourth-order valence-corrected chi connectivity index (χ4v) is 3.08. The molecule has 0 spiro atoms. The third-order valence-corrected chi connectivity index (χ3v) is 4.74. The van der Waals surface area contributed by atoms with Crippen molar-refractivity contribution in [2.24, 2.45) is 5.92 Å². The van der Waals surface area contributed by atoms with Crippen molar-refractivity contribution >= 4 is 23.5 Å². The predicted octanol–water partition coefficient (Wildman–Crippen LogP) is 2.78. The Morgan fingerprint density at radius 2 is 1.89 bits per heavy atom. The number of nitrogens with one attached hydrogen (secondary N) is 2. The zero-order valence-corrected chi connectivity index (χ0v) is 15.7. The molecule has 0 heterocycles. The topological polar surface area (TPSA) is 108 Å². The van der Waals surface area contributed by atoms with Crippen LogP contribution in [0.1, 0.15) is 56.3 Å². The molecule has 0 radical (unpaired) electrons. The van der Waals surface area contributed by atoms with Gasteiger partial charge in [0.15, 0.2) is 6.10 Å². The first-order valence-corrected chi connectivity index (χ1v) is 9.19. The van der Waals surface area contributed by atoms with Crippen LogP contribution >= 0.6 is 0 Å². The number of nitriles is 1. The summed E-state index contributed by atoms with van der Waals surface area (Å²) in [6.45, 7) is 3.68. The molecule has 27 heavy (non-hydrogen) atoms. The second-order valence-electron chi connectivity index (χ2n) is 6.88. The van der Waals surface area contributed by atoms with Crippen LogP contribution in [0.15, 0.2) is 24.3 Å². The number of anilines is 1. The lowest BCUT2D eigenvalue weighted by atomic mass is 9.86. The normalized spacial score (nSPS) is 20.0. The minimum absolute atomic E-state index is 0.128. The minimum Gasteiger partial charge on any atom is -0.449 e. The van der Waals surface area contributed by atoms with Crippen molar-refractivity contribution in [3.05, 3.63) is 29.8 Å². The average molecular weight is 371 g/mol. The van der Waals surface area contributed by atoms with E-state index in [0.717, 1.165) is 19.3 Å². The van der Waals surface area contributed by atoms with Gasteiger partial charge in [-0.3, -0.25) is 9.59 Å². The quantitative estimate of drug-likeness (QED) is 0.748. The summed E-state index contributed by atoms with van der Waals surface area (Å²) in [5.41, 5.74) is 0.753. The van der Waals surface area contributed by atoms with Gasteiger partial charge in [0.1, 0.15) is 6.42 Å². The number of esters is 1. The average Bonchev–Trinajstić information content (AvgIpc) is 2.64. The second-order valence-corrected chi connectivity index (χ2v) is 6.88. The van der Waals surface area contributed by atoms with Crippen molar-refractivity contribution in [2.45, 2.75) is 58.1 Å². The van der Waals surface area contributed by atoms with Crippen LogP contribution in [-0.4, -0.2) is 29.9 Å². The highest BCUT2D eigenvalue weighted by atomic mass is 16.5. The van der Waals surface area contributed by atoms with Gasteiger partial charge < -0.3 is 15.4 Å². The zero-order valence-electron chi connectivity index (χ0n) is 15.7. The van der Waals surface area contributed by atoms with Gasteiger partial charge in [-0.15, -0.1) is 0 Å². The Bertz CT molecular complexity index is 724. The molecule has 2 amide bonds. The van der Waals surface area contributed by atoms with Crippen LogP contribution in [-0.2, 0) is 14.3 Å². The Morgan fingerprint density at radius 3 is 2.52 bits per heavy atom. The molecule has 7 nitrogen and oxygen atoms in total. The summed E-state index contributed by atoms with van der Waals surface area (Å²) in [7, 11) is 0. The number of ether oxygens (including phenoxy) is 1. The number of amides is 2. The zero-order chi connectivity index (χ0) is 19.8. The van der Waals surface area contributed by atoms with Crippen LogP contribution in [0, 0.1) is 17.2 Å². The maximum atomic E-state index is 12.3. The molecule has 1 aromatic rings. The SMILES string of the molecule is C[C@@H]1CCCC[C@@H]1NC(=O)[C@@H](C)OC(=O)c1ccc(NC(=O)CC#N)cc1. The van der Waals surface area contributed by atoms with E-state index in [9.17, 15) is 14.4 Å². The van der Waals surface area contributed by atoms with Gasteiger partial charge in [-0.05, 0) is 49.9 Å². The van der Waals surface area contributed by atoms with Gasteiger partial charge in [0.05, 0.1) is 11.6 Å². The first-order chi connectivity index (χ1) is 12.9. The van der Waals surface area contributed by atoms with Crippen LogP contribution in [0.4, 0.5) is 5.69 Å². The van der Waals surface area contributed by atoms with Crippen molar-refractivity contribution in [1.82, 2.24) is 5.32 Å². The lowest BCUT2D eigenvalue weighted by molar-refractivity contribution is -0.130. The number of benzene rings is 1. The first kappa shape index (κ1) is 20.4. The van der Waals surface area contributed by atoms with E-state index in [-0.39, 0.29) is 23.9 Å². The van der Waals surface area contributed by atoms with Crippen LogP contribution in [0.2, 0.25) is 0 Å². The smallest absolute Gasteiger partial charge is 0.338 e. The Balaban J connectivity index is 1.87. The van der Waals surface area contributed by atoms with Gasteiger partial charge in [0, 0.05) is 11.7 Å². The molecule has 0 bridgehead atoms. The number of hydrogen-bond acceptors (Lipinski definition) is 5. The maximum absolute atomic E-state index is 12.3. The molecule has 1 aliphatic rings. The molecular formula is C20H25N3O4. The van der Waals surface area contributed by atoms with E-state index >= 15 is 0 Å². The van der Waals surface area contributed by atoms with E-state index in [1.165, 1.54) is 18.6 Å². The minimum atomic E-state index is -0.887. The van der Waals surface area contributed by atoms with Crippen LogP contribution in [0.3, 0.4) is 0 Å². The van der Waals surface area contributed by atoms with Gasteiger partial charge in [-0.2, -0.15) is 5.26 Å². The van der Waals surface area contributed by atoms with E-state index in [0.29, 0.717) is 11.6 Å². The number of carbonyl (C=O) groups excluding carboxylic acids is 3. The third kappa shape index (κ3) is 6.10. The van der Waals surface area contributed by atoms with Crippen LogP contribution in [0.25, 0.3) is 0 Å². The maximum Gasteiger partial charge on any atom is 0.338 e. The molecule has 7 heteroatoms. The molecule has 1 fully saturated rings. The van der Waals surface area contributed by atoms with Crippen LogP contribution < -0.4 is 10.6 Å². The second kappa shape index (κ2) is 9.72. The third-order valence-electron chi connectivity index (χ3n) is 4.74. The lowest BCUT2D eigenvalue weighted by Gasteiger charge is -2.30. The van der Waals surface area contributed by atoms with Crippen molar-refractivity contribution in [3.8, 4) is 6.07 Å². The van der Waals surface area contributed by atoms with E-state index in [2.05, 4.69) is 17.6 Å². The summed E-state index contributed by atoms with van der Waals surface area (Å²) in [6, 6.07) is 7.97. The van der Waals surface area contributed by atoms with Crippen molar-refractivity contribution in [3.63, 3.8) is 0 Å². The van der Waals surface area contributed by atoms with Gasteiger partial charge in [-0.1, -0.05) is 19.8 Å². The fraction of sp³-hybridized carbons (Fsp3) is 0.500. The van der Waals surface area contributed by atoms with Crippen molar-refractivity contribution < 1.29 is 19.1 Å². The molecule has 1 aromatic carbocycles.